The van der Waals surface area contributed by atoms with E-state index < -0.39 is 0 Å². The van der Waals surface area contributed by atoms with Crippen molar-refractivity contribution < 1.29 is 4.79 Å². The van der Waals surface area contributed by atoms with Crippen LogP contribution in [0.3, 0.4) is 0 Å². The summed E-state index contributed by atoms with van der Waals surface area (Å²) >= 11 is 0. The normalized spacial score (nSPS) is 17.9. The summed E-state index contributed by atoms with van der Waals surface area (Å²) in [5, 5.41) is 0. The Morgan fingerprint density at radius 1 is 1.35 bits per heavy atom. The molecule has 0 saturated heterocycles. The van der Waals surface area contributed by atoms with Gasteiger partial charge in [0.2, 0.25) is 5.91 Å². The summed E-state index contributed by atoms with van der Waals surface area (Å²) in [4.78, 5) is 14.6. The lowest BCUT2D eigenvalue weighted by Gasteiger charge is -2.44. The lowest BCUT2D eigenvalue weighted by Crippen LogP contribution is -2.54. The van der Waals surface area contributed by atoms with Gasteiger partial charge in [-0.25, -0.2) is 0 Å². The molecule has 3 heteroatoms. The Balaban J connectivity index is 2.60. The van der Waals surface area contributed by atoms with Crippen LogP contribution in [0.5, 0.6) is 0 Å². The van der Waals surface area contributed by atoms with Gasteiger partial charge in [-0.2, -0.15) is 0 Å². The lowest BCUT2D eigenvalue weighted by atomic mass is 9.67. The van der Waals surface area contributed by atoms with Crippen molar-refractivity contribution in [1.82, 2.24) is 4.90 Å². The molecule has 0 heterocycles. The maximum atomic E-state index is 12.6. The summed E-state index contributed by atoms with van der Waals surface area (Å²) in [6.07, 6.45) is 6.64. The maximum Gasteiger partial charge on any atom is 0.230 e. The van der Waals surface area contributed by atoms with E-state index in [9.17, 15) is 4.79 Å². The molecule has 0 spiro atoms. The quantitative estimate of drug-likeness (QED) is 0.695. The minimum atomic E-state index is -0.212. The Morgan fingerprint density at radius 3 is 2.35 bits per heavy atom. The van der Waals surface area contributed by atoms with Crippen LogP contribution in [0.4, 0.5) is 0 Å². The Hall–Kier alpha value is -0.570. The number of carbonyl (C=O) groups is 1. The minimum Gasteiger partial charge on any atom is -0.340 e. The van der Waals surface area contributed by atoms with E-state index in [1.807, 2.05) is 4.90 Å². The van der Waals surface area contributed by atoms with Crippen LogP contribution in [-0.2, 0) is 4.79 Å². The molecule has 0 aromatic heterocycles. The van der Waals surface area contributed by atoms with Crippen molar-refractivity contribution in [2.45, 2.75) is 65.3 Å². The molecule has 1 amide bonds. The zero-order valence-corrected chi connectivity index (χ0v) is 11.7. The molecule has 2 N–H and O–H groups in total. The first-order valence-corrected chi connectivity index (χ1v) is 7.08. The van der Waals surface area contributed by atoms with Crippen LogP contribution in [-0.4, -0.2) is 29.9 Å². The Bertz CT molecular complexity index is 241. The van der Waals surface area contributed by atoms with Gasteiger partial charge in [0.05, 0.1) is 5.41 Å². The zero-order valence-electron chi connectivity index (χ0n) is 11.7. The molecule has 0 aliphatic heterocycles. The molecule has 1 fully saturated rings. The number of nitrogens with two attached hydrogens (primary N) is 1. The Morgan fingerprint density at radius 2 is 2.00 bits per heavy atom. The van der Waals surface area contributed by atoms with Gasteiger partial charge in [0.1, 0.15) is 0 Å². The average Bonchev–Trinajstić information content (AvgIpc) is 2.23. The molecule has 0 unspecified atom stereocenters. The van der Waals surface area contributed by atoms with E-state index >= 15 is 0 Å². The Kier molecular flexibility index (Phi) is 5.44. The van der Waals surface area contributed by atoms with E-state index in [0.29, 0.717) is 18.5 Å². The number of amides is 1. The van der Waals surface area contributed by atoms with Crippen LogP contribution in [0.25, 0.3) is 0 Å². The fourth-order valence-corrected chi connectivity index (χ4v) is 2.54. The molecule has 17 heavy (non-hydrogen) atoms. The molecule has 3 nitrogen and oxygen atoms in total. The summed E-state index contributed by atoms with van der Waals surface area (Å²) in [5.74, 6) is 0.303. The van der Waals surface area contributed by atoms with Gasteiger partial charge in [-0.1, -0.05) is 26.2 Å². The largest absolute Gasteiger partial charge is 0.340 e. The van der Waals surface area contributed by atoms with Crippen molar-refractivity contribution in [3.63, 3.8) is 0 Å². The summed E-state index contributed by atoms with van der Waals surface area (Å²) in [6, 6.07) is 0.295. The van der Waals surface area contributed by atoms with E-state index in [-0.39, 0.29) is 5.41 Å². The maximum absolute atomic E-state index is 12.6. The Labute approximate surface area is 106 Å². The van der Waals surface area contributed by atoms with Crippen molar-refractivity contribution in [3.8, 4) is 0 Å². The van der Waals surface area contributed by atoms with Crippen molar-refractivity contribution in [1.29, 1.82) is 0 Å². The highest BCUT2D eigenvalue weighted by molar-refractivity contribution is 5.84. The van der Waals surface area contributed by atoms with Gasteiger partial charge in [0.15, 0.2) is 0 Å². The number of hydrogen-bond donors (Lipinski definition) is 1. The summed E-state index contributed by atoms with van der Waals surface area (Å²) in [5.41, 5.74) is 5.60. The minimum absolute atomic E-state index is 0.212. The van der Waals surface area contributed by atoms with Gasteiger partial charge in [0.25, 0.3) is 0 Å². The van der Waals surface area contributed by atoms with Crippen molar-refractivity contribution in [3.05, 3.63) is 0 Å². The molecule has 0 radical (unpaired) electrons. The molecule has 1 saturated carbocycles. The predicted octanol–water partition coefficient (Wildman–Crippen LogP) is 2.54. The fourth-order valence-electron chi connectivity index (χ4n) is 2.54. The standard InChI is InChI=1S/C14H28N2O/c1-4-5-6-10-16(12(2)3)13(17)14(11-15)8-7-9-14/h12H,4-11,15H2,1-3H3. The molecule has 0 aromatic carbocycles. The third-order valence-electron chi connectivity index (χ3n) is 4.04. The number of carbonyl (C=O) groups excluding carboxylic acids is 1. The molecule has 0 atom stereocenters. The first kappa shape index (κ1) is 14.5. The van der Waals surface area contributed by atoms with E-state index in [1.165, 1.54) is 12.8 Å². The molecule has 0 bridgehead atoms. The summed E-state index contributed by atoms with van der Waals surface area (Å²) < 4.78 is 0. The van der Waals surface area contributed by atoms with Crippen LogP contribution in [0.15, 0.2) is 0 Å². The highest BCUT2D eigenvalue weighted by Gasteiger charge is 2.45. The van der Waals surface area contributed by atoms with Gasteiger partial charge in [-0.3, -0.25) is 4.79 Å². The lowest BCUT2D eigenvalue weighted by molar-refractivity contribution is -0.148. The van der Waals surface area contributed by atoms with E-state index in [4.69, 9.17) is 5.73 Å². The van der Waals surface area contributed by atoms with Crippen molar-refractivity contribution >= 4 is 5.91 Å². The van der Waals surface area contributed by atoms with Crippen molar-refractivity contribution in [2.75, 3.05) is 13.1 Å². The second-order valence-corrected chi connectivity index (χ2v) is 5.64. The van der Waals surface area contributed by atoms with Gasteiger partial charge in [-0.15, -0.1) is 0 Å². The highest BCUT2D eigenvalue weighted by Crippen LogP contribution is 2.41. The first-order valence-electron chi connectivity index (χ1n) is 7.08. The SMILES string of the molecule is CCCCCN(C(=O)C1(CN)CCC1)C(C)C. The monoisotopic (exact) mass is 240 g/mol. The van der Waals surface area contributed by atoms with Crippen LogP contribution >= 0.6 is 0 Å². The number of rotatable bonds is 7. The van der Waals surface area contributed by atoms with Gasteiger partial charge in [0, 0.05) is 19.1 Å². The van der Waals surface area contributed by atoms with Crippen molar-refractivity contribution in [2.24, 2.45) is 11.1 Å². The van der Waals surface area contributed by atoms with E-state index in [1.54, 1.807) is 0 Å². The van der Waals surface area contributed by atoms with Crippen LogP contribution < -0.4 is 5.73 Å². The van der Waals surface area contributed by atoms with E-state index in [2.05, 4.69) is 20.8 Å². The number of unbranched alkanes of at least 4 members (excludes halogenated alkanes) is 2. The smallest absolute Gasteiger partial charge is 0.230 e. The van der Waals surface area contributed by atoms with Crippen LogP contribution in [0.1, 0.15) is 59.3 Å². The first-order chi connectivity index (χ1) is 8.07. The molecule has 1 rings (SSSR count). The molecular formula is C14H28N2O. The molecule has 0 aromatic rings. The third-order valence-corrected chi connectivity index (χ3v) is 4.04. The average molecular weight is 240 g/mol. The third kappa shape index (κ3) is 3.21. The summed E-state index contributed by atoms with van der Waals surface area (Å²) in [6.45, 7) is 7.81. The van der Waals surface area contributed by atoms with Crippen LogP contribution in [0.2, 0.25) is 0 Å². The number of hydrogen-bond acceptors (Lipinski definition) is 2. The van der Waals surface area contributed by atoms with E-state index in [0.717, 1.165) is 32.2 Å². The topological polar surface area (TPSA) is 46.3 Å². The highest BCUT2D eigenvalue weighted by atomic mass is 16.2. The van der Waals surface area contributed by atoms with Gasteiger partial charge in [-0.05, 0) is 33.1 Å². The molecular weight excluding hydrogens is 212 g/mol. The second-order valence-electron chi connectivity index (χ2n) is 5.64. The van der Waals surface area contributed by atoms with Gasteiger partial charge < -0.3 is 10.6 Å². The number of nitrogens with zero attached hydrogens (tertiary/aromatic N) is 1. The fraction of sp³-hybridized carbons (Fsp3) is 0.929. The summed E-state index contributed by atoms with van der Waals surface area (Å²) in [7, 11) is 0. The van der Waals surface area contributed by atoms with Gasteiger partial charge >= 0.3 is 0 Å². The molecule has 1 aliphatic rings. The molecule has 1 aliphatic carbocycles. The second kappa shape index (κ2) is 6.39. The molecule has 100 valence electrons. The predicted molar refractivity (Wildman–Crippen MR) is 71.7 cm³/mol. The zero-order chi connectivity index (χ0) is 12.9. The van der Waals surface area contributed by atoms with Crippen LogP contribution in [0, 0.1) is 5.41 Å².